The lowest BCUT2D eigenvalue weighted by atomic mass is 10.2. The third kappa shape index (κ3) is 3.68. The van der Waals surface area contributed by atoms with Crippen LogP contribution in [0.25, 0.3) is 0 Å². The van der Waals surface area contributed by atoms with E-state index >= 15 is 0 Å². The van der Waals surface area contributed by atoms with Crippen molar-refractivity contribution in [2.75, 3.05) is 5.32 Å². The van der Waals surface area contributed by atoms with Crippen LogP contribution in [-0.2, 0) is 11.2 Å². The van der Waals surface area contributed by atoms with Gasteiger partial charge in [-0.1, -0.05) is 17.7 Å². The number of carboxylic acid groups (broad SMARTS) is 1. The van der Waals surface area contributed by atoms with Gasteiger partial charge in [0.1, 0.15) is 11.0 Å². The molecule has 0 spiro atoms. The molecule has 0 radical (unpaired) electrons. The van der Waals surface area contributed by atoms with Gasteiger partial charge in [-0.3, -0.25) is 4.79 Å². The average molecular weight is 284 g/mol. The number of carbonyl (C=O) groups is 1. The Balaban J connectivity index is 2.00. The largest absolute Gasteiger partial charge is 0.481 e. The van der Waals surface area contributed by atoms with E-state index in [-0.39, 0.29) is 6.42 Å². The fourth-order valence-corrected chi connectivity index (χ4v) is 2.22. The van der Waals surface area contributed by atoms with Crippen molar-refractivity contribution in [2.45, 2.75) is 12.8 Å². The van der Waals surface area contributed by atoms with Gasteiger partial charge in [-0.2, -0.15) is 0 Å². The van der Waals surface area contributed by atoms with Crippen molar-refractivity contribution in [1.29, 1.82) is 0 Å². The molecule has 0 unspecified atom stereocenters. The summed E-state index contributed by atoms with van der Waals surface area (Å²) in [6.45, 7) is 0. The fourth-order valence-electron chi connectivity index (χ4n) is 1.30. The Bertz CT molecular complexity index is 559. The van der Waals surface area contributed by atoms with Crippen molar-refractivity contribution in [3.8, 4) is 0 Å². The molecular formula is C11H10ClN3O2S. The van der Waals surface area contributed by atoms with Crippen LogP contribution in [0.4, 0.5) is 10.9 Å². The van der Waals surface area contributed by atoms with Crippen LogP contribution in [0.3, 0.4) is 0 Å². The number of nitrogens with one attached hydrogen (secondary N) is 1. The third-order valence-corrected chi connectivity index (χ3v) is 3.11. The number of carboxylic acids is 1. The summed E-state index contributed by atoms with van der Waals surface area (Å²) in [7, 11) is 0. The first-order valence-corrected chi connectivity index (χ1v) is 6.45. The Kier molecular flexibility index (Phi) is 4.11. The number of anilines is 2. The minimum Gasteiger partial charge on any atom is -0.481 e. The molecule has 7 heteroatoms. The Hall–Kier alpha value is -1.66. The van der Waals surface area contributed by atoms with Gasteiger partial charge in [-0.05, 0) is 12.1 Å². The van der Waals surface area contributed by atoms with Crippen LogP contribution >= 0.6 is 22.9 Å². The first-order chi connectivity index (χ1) is 8.63. The highest BCUT2D eigenvalue weighted by Gasteiger charge is 2.05. The topological polar surface area (TPSA) is 75.1 Å². The molecule has 5 nitrogen and oxygen atoms in total. The number of aryl methyl sites for hydroxylation is 1. The molecular weight excluding hydrogens is 274 g/mol. The first-order valence-electron chi connectivity index (χ1n) is 5.19. The summed E-state index contributed by atoms with van der Waals surface area (Å²) < 4.78 is 0. The summed E-state index contributed by atoms with van der Waals surface area (Å²) in [6, 6.07) is 5.26. The van der Waals surface area contributed by atoms with Crippen molar-refractivity contribution in [2.24, 2.45) is 0 Å². The van der Waals surface area contributed by atoms with Crippen molar-refractivity contribution < 1.29 is 9.90 Å². The molecule has 18 heavy (non-hydrogen) atoms. The molecule has 2 rings (SSSR count). The Morgan fingerprint density at radius 3 is 3.00 bits per heavy atom. The molecule has 0 aliphatic carbocycles. The predicted molar refractivity (Wildman–Crippen MR) is 70.6 cm³/mol. The fraction of sp³-hybridized carbons (Fsp3) is 0.182. The lowest BCUT2D eigenvalue weighted by Crippen LogP contribution is -1.98. The van der Waals surface area contributed by atoms with Crippen LogP contribution in [0.1, 0.15) is 12.1 Å². The number of pyridine rings is 1. The summed E-state index contributed by atoms with van der Waals surface area (Å²) in [4.78, 5) is 18.8. The number of thiazole rings is 1. The van der Waals surface area contributed by atoms with E-state index in [4.69, 9.17) is 16.7 Å². The van der Waals surface area contributed by atoms with E-state index < -0.39 is 5.97 Å². The molecule has 0 aliphatic heterocycles. The second-order valence-electron chi connectivity index (χ2n) is 3.51. The highest BCUT2D eigenvalue weighted by molar-refractivity contribution is 7.13. The van der Waals surface area contributed by atoms with Gasteiger partial charge in [0.2, 0.25) is 0 Å². The molecule has 0 saturated carbocycles. The van der Waals surface area contributed by atoms with E-state index in [2.05, 4.69) is 15.3 Å². The van der Waals surface area contributed by atoms with Crippen molar-refractivity contribution in [3.05, 3.63) is 34.4 Å². The zero-order valence-corrected chi connectivity index (χ0v) is 10.8. The Labute approximate surface area is 112 Å². The summed E-state index contributed by atoms with van der Waals surface area (Å²) in [6.07, 6.45) is 0.509. The SMILES string of the molecule is O=C(O)CCc1csc(Nc2cccc(Cl)n2)n1. The quantitative estimate of drug-likeness (QED) is 0.825. The summed E-state index contributed by atoms with van der Waals surface area (Å²) in [5.41, 5.74) is 0.756. The molecule has 0 aromatic carbocycles. The zero-order chi connectivity index (χ0) is 13.0. The van der Waals surface area contributed by atoms with Crippen molar-refractivity contribution >= 4 is 39.9 Å². The van der Waals surface area contributed by atoms with Crippen LogP contribution in [0.15, 0.2) is 23.6 Å². The lowest BCUT2D eigenvalue weighted by molar-refractivity contribution is -0.136. The normalized spacial score (nSPS) is 10.3. The number of hydrogen-bond acceptors (Lipinski definition) is 5. The highest BCUT2D eigenvalue weighted by Crippen LogP contribution is 2.21. The second kappa shape index (κ2) is 5.79. The summed E-state index contributed by atoms with van der Waals surface area (Å²) in [5.74, 6) is -0.212. The van der Waals surface area contributed by atoms with Crippen LogP contribution in [0, 0.1) is 0 Å². The van der Waals surface area contributed by atoms with Crippen molar-refractivity contribution in [3.63, 3.8) is 0 Å². The number of halogens is 1. The van der Waals surface area contributed by atoms with Crippen molar-refractivity contribution in [1.82, 2.24) is 9.97 Å². The molecule has 2 aromatic rings. The van der Waals surface area contributed by atoms with E-state index in [0.717, 1.165) is 5.69 Å². The molecule has 0 saturated heterocycles. The lowest BCUT2D eigenvalue weighted by Gasteiger charge is -2.00. The number of aliphatic carboxylic acids is 1. The molecule has 0 amide bonds. The van der Waals surface area contributed by atoms with Gasteiger partial charge in [0.05, 0.1) is 12.1 Å². The van der Waals surface area contributed by atoms with E-state index in [0.29, 0.717) is 22.5 Å². The van der Waals surface area contributed by atoms with E-state index in [9.17, 15) is 4.79 Å². The van der Waals surface area contributed by atoms with Gasteiger partial charge in [0.25, 0.3) is 0 Å². The third-order valence-electron chi connectivity index (χ3n) is 2.10. The smallest absolute Gasteiger partial charge is 0.303 e. The number of rotatable bonds is 5. The number of hydrogen-bond donors (Lipinski definition) is 2. The zero-order valence-electron chi connectivity index (χ0n) is 9.26. The van der Waals surface area contributed by atoms with E-state index in [1.165, 1.54) is 11.3 Å². The number of aromatic nitrogens is 2. The van der Waals surface area contributed by atoms with E-state index in [1.54, 1.807) is 18.2 Å². The second-order valence-corrected chi connectivity index (χ2v) is 4.75. The monoisotopic (exact) mass is 283 g/mol. The van der Waals surface area contributed by atoms with E-state index in [1.807, 2.05) is 5.38 Å². The number of nitrogens with zero attached hydrogens (tertiary/aromatic N) is 2. The maximum absolute atomic E-state index is 10.4. The Morgan fingerprint density at radius 2 is 2.28 bits per heavy atom. The molecule has 0 fully saturated rings. The van der Waals surface area contributed by atoms with Gasteiger partial charge in [-0.25, -0.2) is 9.97 Å². The first kappa shape index (κ1) is 12.8. The Morgan fingerprint density at radius 1 is 1.44 bits per heavy atom. The summed E-state index contributed by atoms with van der Waals surface area (Å²) in [5, 5.41) is 14.5. The molecule has 0 atom stereocenters. The van der Waals surface area contributed by atoms with Crippen LogP contribution < -0.4 is 5.32 Å². The van der Waals surface area contributed by atoms with Crippen LogP contribution in [0.2, 0.25) is 5.15 Å². The molecule has 2 aromatic heterocycles. The maximum atomic E-state index is 10.4. The van der Waals surface area contributed by atoms with Crippen LogP contribution in [0.5, 0.6) is 0 Å². The van der Waals surface area contributed by atoms with Gasteiger partial charge in [0.15, 0.2) is 5.13 Å². The highest BCUT2D eigenvalue weighted by atomic mass is 35.5. The standard InChI is InChI=1S/C11H10ClN3O2S/c12-8-2-1-3-9(14-8)15-11-13-7(6-18-11)4-5-10(16)17/h1-3,6H,4-5H2,(H,16,17)(H,13,14,15). The van der Waals surface area contributed by atoms with Gasteiger partial charge in [0, 0.05) is 11.8 Å². The minimum absolute atomic E-state index is 0.0819. The summed E-state index contributed by atoms with van der Waals surface area (Å²) >= 11 is 7.17. The average Bonchev–Trinajstić information content (AvgIpc) is 2.74. The molecule has 0 aliphatic rings. The maximum Gasteiger partial charge on any atom is 0.303 e. The molecule has 2 N–H and O–H groups in total. The molecule has 94 valence electrons. The van der Waals surface area contributed by atoms with Gasteiger partial charge in [-0.15, -0.1) is 11.3 Å². The molecule has 2 heterocycles. The molecule has 0 bridgehead atoms. The van der Waals surface area contributed by atoms with Gasteiger partial charge < -0.3 is 10.4 Å². The van der Waals surface area contributed by atoms with Gasteiger partial charge >= 0.3 is 5.97 Å². The van der Waals surface area contributed by atoms with Crippen LogP contribution in [-0.4, -0.2) is 21.0 Å². The minimum atomic E-state index is -0.825. The predicted octanol–water partition coefficient (Wildman–Crippen LogP) is 2.95.